The molecule has 5 heteroatoms. The van der Waals surface area contributed by atoms with Crippen LogP contribution in [0.2, 0.25) is 5.02 Å². The Morgan fingerprint density at radius 2 is 2.28 bits per heavy atom. The van der Waals surface area contributed by atoms with Crippen LogP contribution in [0.4, 0.5) is 4.39 Å². The number of nitrogens with two attached hydrogens (primary N) is 1. The van der Waals surface area contributed by atoms with Crippen LogP contribution < -0.4 is 11.1 Å². The molecule has 0 spiro atoms. The monoisotopic (exact) mass is 269 g/mol. The standard InChI is InChI=1S/C13H17ClFN3/c1-7(2)17-13(16)18-11-6-8(11)12-9(14)4-3-5-10(12)15/h3-5,7-8,11H,6H2,1-2H3,(H3,16,17,18)/t8-,11-/m1/s1. The first-order chi connectivity index (χ1) is 8.49. The molecule has 1 aromatic carbocycles. The number of hydrogen-bond acceptors (Lipinski definition) is 1. The van der Waals surface area contributed by atoms with Crippen molar-refractivity contribution in [2.75, 3.05) is 0 Å². The van der Waals surface area contributed by atoms with Gasteiger partial charge < -0.3 is 11.1 Å². The van der Waals surface area contributed by atoms with Gasteiger partial charge in [-0.05, 0) is 32.4 Å². The van der Waals surface area contributed by atoms with Gasteiger partial charge in [0.15, 0.2) is 5.96 Å². The molecule has 0 heterocycles. The molecule has 3 nitrogen and oxygen atoms in total. The summed E-state index contributed by atoms with van der Waals surface area (Å²) in [4.78, 5) is 4.33. The van der Waals surface area contributed by atoms with E-state index in [4.69, 9.17) is 17.3 Å². The van der Waals surface area contributed by atoms with Gasteiger partial charge in [0.05, 0.1) is 6.04 Å². The molecule has 0 bridgehead atoms. The predicted octanol–water partition coefficient (Wildman–Crippen LogP) is 2.65. The highest BCUT2D eigenvalue weighted by Crippen LogP contribution is 2.46. The summed E-state index contributed by atoms with van der Waals surface area (Å²) in [6.07, 6.45) is 0.793. The highest BCUT2D eigenvalue weighted by atomic mass is 35.5. The van der Waals surface area contributed by atoms with Gasteiger partial charge in [-0.1, -0.05) is 17.7 Å². The van der Waals surface area contributed by atoms with Crippen LogP contribution in [0.5, 0.6) is 0 Å². The normalized spacial score (nSPS) is 23.3. The van der Waals surface area contributed by atoms with Gasteiger partial charge in [-0.3, -0.25) is 0 Å². The number of rotatable bonds is 3. The van der Waals surface area contributed by atoms with E-state index in [0.29, 0.717) is 16.5 Å². The minimum atomic E-state index is -0.263. The zero-order valence-corrected chi connectivity index (χ0v) is 11.2. The molecule has 0 amide bonds. The Morgan fingerprint density at radius 1 is 1.56 bits per heavy atom. The summed E-state index contributed by atoms with van der Waals surface area (Å²) in [6, 6.07) is 5.01. The number of guanidine groups is 1. The lowest BCUT2D eigenvalue weighted by atomic mass is 10.1. The van der Waals surface area contributed by atoms with Crippen LogP contribution in [0.1, 0.15) is 31.7 Å². The Kier molecular flexibility index (Phi) is 3.76. The summed E-state index contributed by atoms with van der Waals surface area (Å²) in [6.45, 7) is 3.97. The van der Waals surface area contributed by atoms with Gasteiger partial charge in [0.1, 0.15) is 5.82 Å². The smallest absolute Gasteiger partial charge is 0.189 e. The first-order valence-corrected chi connectivity index (χ1v) is 6.40. The van der Waals surface area contributed by atoms with Gasteiger partial charge >= 0.3 is 0 Å². The molecule has 98 valence electrons. The molecule has 1 aliphatic carbocycles. The Morgan fingerprint density at radius 3 is 2.89 bits per heavy atom. The summed E-state index contributed by atoms with van der Waals surface area (Å²) in [5.74, 6) is 0.191. The molecule has 0 radical (unpaired) electrons. The number of benzene rings is 1. The van der Waals surface area contributed by atoms with Gasteiger partial charge in [-0.2, -0.15) is 0 Å². The first-order valence-electron chi connectivity index (χ1n) is 6.02. The van der Waals surface area contributed by atoms with E-state index in [1.807, 2.05) is 13.8 Å². The van der Waals surface area contributed by atoms with E-state index in [0.717, 1.165) is 6.42 Å². The molecule has 2 rings (SSSR count). The number of nitrogens with zero attached hydrogens (tertiary/aromatic N) is 1. The molecule has 1 fully saturated rings. The molecule has 2 atom stereocenters. The van der Waals surface area contributed by atoms with Gasteiger partial charge in [0.2, 0.25) is 0 Å². The lowest BCUT2D eigenvalue weighted by Gasteiger charge is -2.08. The zero-order chi connectivity index (χ0) is 13.3. The average Bonchev–Trinajstić information content (AvgIpc) is 2.95. The molecule has 1 saturated carbocycles. The second kappa shape index (κ2) is 5.14. The van der Waals surface area contributed by atoms with Crippen LogP contribution >= 0.6 is 11.6 Å². The van der Waals surface area contributed by atoms with E-state index in [2.05, 4.69) is 10.3 Å². The largest absolute Gasteiger partial charge is 0.370 e. The molecule has 1 aliphatic rings. The van der Waals surface area contributed by atoms with E-state index in [1.54, 1.807) is 12.1 Å². The molecular formula is C13H17ClFN3. The van der Waals surface area contributed by atoms with Crippen LogP contribution in [-0.4, -0.2) is 18.0 Å². The van der Waals surface area contributed by atoms with E-state index in [9.17, 15) is 4.39 Å². The third-order valence-electron chi connectivity index (χ3n) is 2.87. The van der Waals surface area contributed by atoms with Crippen molar-refractivity contribution in [3.8, 4) is 0 Å². The van der Waals surface area contributed by atoms with E-state index in [1.165, 1.54) is 6.07 Å². The molecule has 0 aliphatic heterocycles. The molecular weight excluding hydrogens is 253 g/mol. The maximum absolute atomic E-state index is 13.7. The van der Waals surface area contributed by atoms with Crippen molar-refractivity contribution in [2.45, 2.75) is 38.3 Å². The van der Waals surface area contributed by atoms with Crippen LogP contribution in [0.25, 0.3) is 0 Å². The molecule has 3 N–H and O–H groups in total. The Labute approximate surface area is 111 Å². The number of aliphatic imine (C=N–C) groups is 1. The minimum Gasteiger partial charge on any atom is -0.370 e. The van der Waals surface area contributed by atoms with E-state index in [-0.39, 0.29) is 23.8 Å². The third kappa shape index (κ3) is 2.93. The zero-order valence-electron chi connectivity index (χ0n) is 10.5. The van der Waals surface area contributed by atoms with Crippen molar-refractivity contribution in [3.63, 3.8) is 0 Å². The SMILES string of the molecule is CC(C)NC(N)=N[C@@H]1C[C@H]1c1c(F)cccc1Cl. The topological polar surface area (TPSA) is 50.4 Å². The van der Waals surface area contributed by atoms with Crippen molar-refractivity contribution in [2.24, 2.45) is 10.7 Å². The van der Waals surface area contributed by atoms with E-state index >= 15 is 0 Å². The summed E-state index contributed by atoms with van der Waals surface area (Å²) in [5, 5.41) is 3.48. The molecule has 1 aromatic rings. The summed E-state index contributed by atoms with van der Waals surface area (Å²) >= 11 is 6.02. The first kappa shape index (κ1) is 13.1. The van der Waals surface area contributed by atoms with Gasteiger partial charge in [0, 0.05) is 22.5 Å². The Balaban J connectivity index is 2.07. The highest BCUT2D eigenvalue weighted by Gasteiger charge is 2.41. The second-order valence-corrected chi connectivity index (χ2v) is 5.27. The maximum atomic E-state index is 13.7. The van der Waals surface area contributed by atoms with Crippen LogP contribution in [0.15, 0.2) is 23.2 Å². The fraction of sp³-hybridized carbons (Fsp3) is 0.462. The van der Waals surface area contributed by atoms with Crippen molar-refractivity contribution < 1.29 is 4.39 Å². The quantitative estimate of drug-likeness (QED) is 0.655. The Hall–Kier alpha value is -1.29. The second-order valence-electron chi connectivity index (χ2n) is 4.86. The molecule has 0 unspecified atom stereocenters. The fourth-order valence-electron chi connectivity index (χ4n) is 2.01. The fourth-order valence-corrected chi connectivity index (χ4v) is 2.31. The highest BCUT2D eigenvalue weighted by molar-refractivity contribution is 6.31. The van der Waals surface area contributed by atoms with Crippen LogP contribution in [-0.2, 0) is 0 Å². The molecule has 0 saturated heterocycles. The number of halogens is 2. The minimum absolute atomic E-state index is 0.0330. The summed E-state index contributed by atoms with van der Waals surface area (Å²) < 4.78 is 13.7. The number of hydrogen-bond donors (Lipinski definition) is 2. The average molecular weight is 270 g/mol. The van der Waals surface area contributed by atoms with Crippen LogP contribution in [0, 0.1) is 5.82 Å². The van der Waals surface area contributed by atoms with E-state index < -0.39 is 0 Å². The van der Waals surface area contributed by atoms with Gasteiger partial charge in [-0.25, -0.2) is 9.38 Å². The molecule has 18 heavy (non-hydrogen) atoms. The van der Waals surface area contributed by atoms with Crippen molar-refractivity contribution >= 4 is 17.6 Å². The lowest BCUT2D eigenvalue weighted by molar-refractivity contribution is 0.609. The lowest BCUT2D eigenvalue weighted by Crippen LogP contribution is -2.37. The van der Waals surface area contributed by atoms with Crippen molar-refractivity contribution in [3.05, 3.63) is 34.6 Å². The van der Waals surface area contributed by atoms with Gasteiger partial charge in [0.25, 0.3) is 0 Å². The van der Waals surface area contributed by atoms with Crippen LogP contribution in [0.3, 0.4) is 0 Å². The summed E-state index contributed by atoms with van der Waals surface area (Å²) in [5.41, 5.74) is 6.30. The Bertz CT molecular complexity index is 453. The van der Waals surface area contributed by atoms with Crippen molar-refractivity contribution in [1.82, 2.24) is 5.32 Å². The van der Waals surface area contributed by atoms with Gasteiger partial charge in [-0.15, -0.1) is 0 Å². The van der Waals surface area contributed by atoms with Crippen molar-refractivity contribution in [1.29, 1.82) is 0 Å². The summed E-state index contributed by atoms with van der Waals surface area (Å²) in [7, 11) is 0. The maximum Gasteiger partial charge on any atom is 0.189 e. The predicted molar refractivity (Wildman–Crippen MR) is 72.5 cm³/mol. The third-order valence-corrected chi connectivity index (χ3v) is 3.20. The molecule has 0 aromatic heterocycles. The number of nitrogens with one attached hydrogen (secondary N) is 1.